The Morgan fingerprint density at radius 3 is 2.36 bits per heavy atom. The normalized spacial score (nSPS) is 20.2. The maximum atomic E-state index is 13.1. The summed E-state index contributed by atoms with van der Waals surface area (Å²) >= 11 is 3.04. The first-order valence-corrected chi connectivity index (χ1v) is 11.2. The zero-order chi connectivity index (χ0) is 17.1. The molecule has 0 aliphatic heterocycles. The number of aromatic nitrogens is 4. The molecule has 0 aromatic carbocycles. The number of amides is 1. The minimum atomic E-state index is 0.301. The molecule has 6 nitrogen and oxygen atoms in total. The zero-order valence-electron chi connectivity index (χ0n) is 14.5. The summed E-state index contributed by atoms with van der Waals surface area (Å²) in [5.41, 5.74) is 0. The highest BCUT2D eigenvalue weighted by atomic mass is 32.2. The summed E-state index contributed by atoms with van der Waals surface area (Å²) in [5.74, 6) is 0.784. The van der Waals surface area contributed by atoms with Gasteiger partial charge < -0.3 is 4.90 Å². The van der Waals surface area contributed by atoms with Crippen molar-refractivity contribution in [1.82, 2.24) is 24.7 Å². The second-order valence-corrected chi connectivity index (χ2v) is 9.28. The predicted molar refractivity (Wildman–Crippen MR) is 100.0 cm³/mol. The lowest BCUT2D eigenvalue weighted by molar-refractivity contribution is -0.135. The van der Waals surface area contributed by atoms with E-state index in [1.807, 2.05) is 0 Å². The number of carbonyl (C=O) groups excluding carboxylic acids is 1. The molecule has 0 radical (unpaired) electrons. The largest absolute Gasteiger partial charge is 0.336 e. The van der Waals surface area contributed by atoms with E-state index in [2.05, 4.69) is 20.2 Å². The third kappa shape index (κ3) is 4.00. The van der Waals surface area contributed by atoms with E-state index in [-0.39, 0.29) is 0 Å². The Labute approximate surface area is 156 Å². The molecule has 8 heteroatoms. The predicted octanol–water partition coefficient (Wildman–Crippen LogP) is 3.77. The first-order chi connectivity index (χ1) is 12.3. The summed E-state index contributed by atoms with van der Waals surface area (Å²) in [5, 5.41) is 12.3. The van der Waals surface area contributed by atoms with Gasteiger partial charge in [-0.15, -0.1) is 15.3 Å². The molecular formula is C17H25N5OS2. The van der Waals surface area contributed by atoms with E-state index >= 15 is 0 Å². The number of thioether (sulfide) groups is 1. The Balaban J connectivity index is 1.43. The lowest BCUT2D eigenvalue weighted by atomic mass is 9.88. The maximum Gasteiger partial charge on any atom is 0.235 e. The fraction of sp³-hybridized carbons (Fsp3) is 0.765. The summed E-state index contributed by atoms with van der Waals surface area (Å²) in [6, 6.07) is 0.922. The number of nitrogens with zero attached hydrogens (tertiary/aromatic N) is 5. The molecule has 0 unspecified atom stereocenters. The van der Waals surface area contributed by atoms with Crippen LogP contribution in [-0.4, -0.2) is 48.5 Å². The molecule has 2 aromatic rings. The van der Waals surface area contributed by atoms with Gasteiger partial charge in [0.15, 0.2) is 4.34 Å². The van der Waals surface area contributed by atoms with Crippen molar-refractivity contribution in [2.75, 3.05) is 5.75 Å². The van der Waals surface area contributed by atoms with Gasteiger partial charge in [0.05, 0.1) is 5.75 Å². The smallest absolute Gasteiger partial charge is 0.235 e. The minimum absolute atomic E-state index is 0.301. The molecule has 2 aliphatic carbocycles. The van der Waals surface area contributed by atoms with Gasteiger partial charge >= 0.3 is 0 Å². The van der Waals surface area contributed by atoms with Gasteiger partial charge in [-0.1, -0.05) is 61.6 Å². The summed E-state index contributed by atoms with van der Waals surface area (Å²) in [4.78, 5) is 16.2. The molecule has 0 N–H and O–H groups in total. The second-order valence-electron chi connectivity index (χ2n) is 7.10. The first-order valence-electron chi connectivity index (χ1n) is 9.42. The molecule has 2 fully saturated rings. The van der Waals surface area contributed by atoms with Gasteiger partial charge in [0, 0.05) is 12.1 Å². The van der Waals surface area contributed by atoms with Gasteiger partial charge in [-0.05, 0) is 25.7 Å². The van der Waals surface area contributed by atoms with Crippen molar-refractivity contribution < 1.29 is 4.79 Å². The average Bonchev–Trinajstić information content (AvgIpc) is 3.24. The van der Waals surface area contributed by atoms with Crippen LogP contribution in [0.3, 0.4) is 0 Å². The van der Waals surface area contributed by atoms with Crippen molar-refractivity contribution in [2.45, 2.75) is 80.6 Å². The van der Waals surface area contributed by atoms with E-state index in [1.165, 1.54) is 75.5 Å². The quantitative estimate of drug-likeness (QED) is 0.740. The van der Waals surface area contributed by atoms with Crippen LogP contribution in [0.5, 0.6) is 0 Å². The molecular weight excluding hydrogens is 354 g/mol. The third-order valence-corrected chi connectivity index (χ3v) is 7.44. The van der Waals surface area contributed by atoms with Crippen LogP contribution in [-0.2, 0) is 4.79 Å². The number of fused-ring (bicyclic) bond motifs is 1. The van der Waals surface area contributed by atoms with Crippen molar-refractivity contribution in [3.8, 4) is 0 Å². The van der Waals surface area contributed by atoms with Gasteiger partial charge in [-0.25, -0.2) is 0 Å². The van der Waals surface area contributed by atoms with Crippen LogP contribution in [0.25, 0.3) is 4.96 Å². The molecule has 0 atom stereocenters. The number of hydrogen-bond donors (Lipinski definition) is 0. The van der Waals surface area contributed by atoms with E-state index in [0.29, 0.717) is 23.7 Å². The molecule has 4 rings (SSSR count). The molecule has 2 saturated carbocycles. The Hall–Kier alpha value is -1.15. The molecule has 25 heavy (non-hydrogen) atoms. The topological polar surface area (TPSA) is 63.4 Å². The second kappa shape index (κ2) is 8.03. The monoisotopic (exact) mass is 379 g/mol. The highest BCUT2D eigenvalue weighted by Gasteiger charge is 2.32. The lowest BCUT2D eigenvalue weighted by Crippen LogP contribution is -2.49. The van der Waals surface area contributed by atoms with Crippen LogP contribution >= 0.6 is 23.1 Å². The van der Waals surface area contributed by atoms with Crippen LogP contribution in [0.1, 0.15) is 64.2 Å². The molecule has 136 valence electrons. The molecule has 0 spiro atoms. The molecule has 0 bridgehead atoms. The van der Waals surface area contributed by atoms with E-state index in [4.69, 9.17) is 0 Å². The molecule has 1 amide bonds. The number of hydrogen-bond acceptors (Lipinski definition) is 6. The van der Waals surface area contributed by atoms with E-state index in [1.54, 1.807) is 22.6 Å². The third-order valence-electron chi connectivity index (χ3n) is 5.41. The maximum absolute atomic E-state index is 13.1. The Kier molecular flexibility index (Phi) is 5.55. The van der Waals surface area contributed by atoms with Gasteiger partial charge in [0.1, 0.15) is 6.33 Å². The fourth-order valence-electron chi connectivity index (χ4n) is 4.22. The van der Waals surface area contributed by atoms with Gasteiger partial charge in [-0.3, -0.25) is 4.79 Å². The molecule has 0 saturated heterocycles. The van der Waals surface area contributed by atoms with Crippen LogP contribution in [0.15, 0.2) is 10.7 Å². The minimum Gasteiger partial charge on any atom is -0.336 e. The first kappa shape index (κ1) is 17.3. The lowest BCUT2D eigenvalue weighted by Gasteiger charge is -2.41. The van der Waals surface area contributed by atoms with Crippen LogP contribution in [0.4, 0.5) is 0 Å². The average molecular weight is 380 g/mol. The van der Waals surface area contributed by atoms with Crippen molar-refractivity contribution >= 4 is 34.0 Å². The highest BCUT2D eigenvalue weighted by molar-refractivity contribution is 8.01. The van der Waals surface area contributed by atoms with Crippen LogP contribution in [0, 0.1) is 0 Å². The molecule has 2 aliphatic rings. The van der Waals surface area contributed by atoms with E-state index < -0.39 is 0 Å². The zero-order valence-corrected chi connectivity index (χ0v) is 16.1. The summed E-state index contributed by atoms with van der Waals surface area (Å²) in [7, 11) is 0. The standard InChI is InChI=1S/C17H25N5OS2/c23-15(11-24-17-20-21-12-18-19-16(21)25-17)22(13-7-3-1-4-8-13)14-9-5-2-6-10-14/h12-14H,1-11H2. The molecule has 2 aromatic heterocycles. The number of carbonyl (C=O) groups is 1. The number of rotatable bonds is 5. The molecule has 2 heterocycles. The summed E-state index contributed by atoms with van der Waals surface area (Å²) in [6.45, 7) is 0. The Morgan fingerprint density at radius 2 is 1.76 bits per heavy atom. The van der Waals surface area contributed by atoms with Gasteiger partial charge in [0.25, 0.3) is 0 Å². The van der Waals surface area contributed by atoms with Crippen LogP contribution in [0.2, 0.25) is 0 Å². The van der Waals surface area contributed by atoms with Crippen molar-refractivity contribution in [3.05, 3.63) is 6.33 Å². The van der Waals surface area contributed by atoms with Crippen LogP contribution < -0.4 is 0 Å². The highest BCUT2D eigenvalue weighted by Crippen LogP contribution is 2.32. The van der Waals surface area contributed by atoms with E-state index in [0.717, 1.165) is 9.30 Å². The summed E-state index contributed by atoms with van der Waals surface area (Å²) in [6.07, 6.45) is 14.1. The Morgan fingerprint density at radius 1 is 1.12 bits per heavy atom. The van der Waals surface area contributed by atoms with Crippen molar-refractivity contribution in [3.63, 3.8) is 0 Å². The van der Waals surface area contributed by atoms with E-state index in [9.17, 15) is 4.79 Å². The van der Waals surface area contributed by atoms with Gasteiger partial charge in [-0.2, -0.15) is 4.52 Å². The summed E-state index contributed by atoms with van der Waals surface area (Å²) < 4.78 is 2.57. The Bertz CT molecular complexity index is 656. The van der Waals surface area contributed by atoms with Crippen molar-refractivity contribution in [2.24, 2.45) is 0 Å². The SMILES string of the molecule is O=C(CSc1nn2cnnc2s1)N(C1CCCCC1)C1CCCCC1. The van der Waals surface area contributed by atoms with Crippen molar-refractivity contribution in [1.29, 1.82) is 0 Å². The fourth-order valence-corrected chi connectivity index (χ4v) is 5.95. The van der Waals surface area contributed by atoms with Gasteiger partial charge in [0.2, 0.25) is 10.9 Å².